The number of carbonyl (C=O) groups excluding carboxylic acids is 1. The summed E-state index contributed by atoms with van der Waals surface area (Å²) in [5.74, 6) is 0.764. The summed E-state index contributed by atoms with van der Waals surface area (Å²) in [5, 5.41) is 0.865. The van der Waals surface area contributed by atoms with Gasteiger partial charge in [0.1, 0.15) is 5.75 Å². The van der Waals surface area contributed by atoms with Crippen LogP contribution >= 0.6 is 0 Å². The second kappa shape index (κ2) is 7.54. The smallest absolute Gasteiger partial charge is 0.338 e. The zero-order chi connectivity index (χ0) is 24.7. The van der Waals surface area contributed by atoms with Crippen LogP contribution in [0.15, 0.2) is 36.4 Å². The fourth-order valence-corrected chi connectivity index (χ4v) is 7.83. The zero-order valence-corrected chi connectivity index (χ0v) is 21.6. The van der Waals surface area contributed by atoms with Gasteiger partial charge in [0, 0.05) is 22.4 Å². The van der Waals surface area contributed by atoms with Crippen molar-refractivity contribution < 1.29 is 14.3 Å². The Labute approximate surface area is 207 Å². The number of hydrogen-bond acceptors (Lipinski definition) is 5. The molecule has 1 saturated heterocycles. The lowest BCUT2D eigenvalue weighted by Crippen LogP contribution is -2.68. The predicted molar refractivity (Wildman–Crippen MR) is 137 cm³/mol. The van der Waals surface area contributed by atoms with E-state index in [9.17, 15) is 4.79 Å². The van der Waals surface area contributed by atoms with E-state index in [1.165, 1.54) is 23.8 Å². The summed E-state index contributed by atoms with van der Waals surface area (Å²) in [6.45, 7) is 9.62. The second-order valence-electron chi connectivity index (χ2n) is 10.6. The van der Waals surface area contributed by atoms with Crippen LogP contribution in [-0.2, 0) is 23.0 Å². The van der Waals surface area contributed by atoms with E-state index in [4.69, 9.17) is 14.5 Å². The van der Waals surface area contributed by atoms with Crippen molar-refractivity contribution in [3.63, 3.8) is 0 Å². The van der Waals surface area contributed by atoms with E-state index in [1.807, 2.05) is 38.1 Å². The van der Waals surface area contributed by atoms with Gasteiger partial charge in [0.15, 0.2) is 6.10 Å². The fraction of sp³-hybridized carbons (Fsp3) is 0.467. The van der Waals surface area contributed by atoms with Crippen molar-refractivity contribution in [1.82, 2.24) is 9.88 Å². The van der Waals surface area contributed by atoms with Crippen LogP contribution < -0.4 is 4.74 Å². The first-order valence-corrected chi connectivity index (χ1v) is 12.9. The Morgan fingerprint density at radius 3 is 2.74 bits per heavy atom. The minimum absolute atomic E-state index is 0.0728. The Kier molecular flexibility index (Phi) is 4.85. The van der Waals surface area contributed by atoms with Crippen LogP contribution in [0.2, 0.25) is 0 Å². The molecule has 0 saturated carbocycles. The topological polar surface area (TPSA) is 51.7 Å². The Morgan fingerprint density at radius 2 is 1.97 bits per heavy atom. The molecule has 1 unspecified atom stereocenters. The van der Waals surface area contributed by atoms with Gasteiger partial charge in [-0.3, -0.25) is 0 Å². The van der Waals surface area contributed by atoms with Crippen LogP contribution in [0.1, 0.15) is 71.6 Å². The number of likely N-dealkylation sites (N-methyl/N-ethyl adjacent to an activating group) is 1. The van der Waals surface area contributed by atoms with Gasteiger partial charge in [-0.15, -0.1) is 0 Å². The number of aryl methyl sites for hydroxylation is 1. The van der Waals surface area contributed by atoms with Gasteiger partial charge in [0.05, 0.1) is 29.3 Å². The van der Waals surface area contributed by atoms with E-state index in [2.05, 4.69) is 37.9 Å². The quantitative estimate of drug-likeness (QED) is 0.437. The molecule has 182 valence electrons. The molecule has 5 heteroatoms. The van der Waals surface area contributed by atoms with Crippen molar-refractivity contribution in [2.24, 2.45) is 5.41 Å². The molecule has 2 bridgehead atoms. The number of carbonyl (C=O) groups is 1. The van der Waals surface area contributed by atoms with Crippen LogP contribution in [0.25, 0.3) is 10.9 Å². The number of hydrogen-bond donors (Lipinski definition) is 0. The number of piperidine rings is 1. The number of esters is 1. The SMILES string of the molecule is CC.COC(=O)c1c2c(nc3ccccc13)C1Oc3c(C)ccc4c3[C@@]13CCN(C)[C@H](C4)[C@]3(C)C2. The van der Waals surface area contributed by atoms with Crippen molar-refractivity contribution in [1.29, 1.82) is 0 Å². The van der Waals surface area contributed by atoms with E-state index in [1.54, 1.807) is 0 Å². The highest BCUT2D eigenvalue weighted by atomic mass is 16.5. The molecule has 0 N–H and O–H groups in total. The minimum atomic E-state index is -0.286. The number of nitrogens with zero attached hydrogens (tertiary/aromatic N) is 2. The molecule has 4 atom stereocenters. The normalized spacial score (nSPS) is 29.4. The molecule has 5 nitrogen and oxygen atoms in total. The van der Waals surface area contributed by atoms with Crippen LogP contribution in [-0.4, -0.2) is 42.6 Å². The van der Waals surface area contributed by atoms with Crippen LogP contribution in [0, 0.1) is 12.3 Å². The maximum atomic E-state index is 13.2. The second-order valence-corrected chi connectivity index (χ2v) is 10.6. The number of rotatable bonds is 1. The van der Waals surface area contributed by atoms with Crippen molar-refractivity contribution in [3.05, 3.63) is 69.9 Å². The van der Waals surface area contributed by atoms with E-state index < -0.39 is 0 Å². The van der Waals surface area contributed by atoms with E-state index in [0.29, 0.717) is 11.6 Å². The minimum Gasteiger partial charge on any atom is -0.483 e. The molecule has 2 aliphatic carbocycles. The molecule has 4 aliphatic rings. The van der Waals surface area contributed by atoms with Gasteiger partial charge in [-0.1, -0.05) is 51.1 Å². The highest BCUT2D eigenvalue weighted by molar-refractivity contribution is 6.05. The Hall–Kier alpha value is -2.92. The highest BCUT2D eigenvalue weighted by Crippen LogP contribution is 2.71. The lowest BCUT2D eigenvalue weighted by atomic mass is 9.44. The number of para-hydroxylation sites is 1. The van der Waals surface area contributed by atoms with Crippen molar-refractivity contribution >= 4 is 16.9 Å². The Morgan fingerprint density at radius 1 is 1.20 bits per heavy atom. The molecule has 3 heterocycles. The van der Waals surface area contributed by atoms with Gasteiger partial charge in [0.2, 0.25) is 0 Å². The largest absolute Gasteiger partial charge is 0.483 e. The van der Waals surface area contributed by atoms with Gasteiger partial charge < -0.3 is 14.4 Å². The van der Waals surface area contributed by atoms with E-state index in [-0.39, 0.29) is 22.9 Å². The summed E-state index contributed by atoms with van der Waals surface area (Å²) < 4.78 is 12.2. The third-order valence-corrected chi connectivity index (χ3v) is 9.34. The average molecular weight is 471 g/mol. The molecule has 35 heavy (non-hydrogen) atoms. The Bertz CT molecular complexity index is 1380. The average Bonchev–Trinajstić information content (AvgIpc) is 3.23. The standard InChI is InChI=1S/C28H28N2O3.C2H6/c1-15-9-10-16-13-20-27(2)14-18-21(26(31)32-4)17-7-5-6-8-19(17)29-23(18)25-28(27,11-12-30(20)3)22(16)24(15)33-25;1-2/h5-10,20,25H,11-14H2,1-4H3;1-2H3/t20-,25?,27+,28+;/m1./s1. The van der Waals surface area contributed by atoms with Gasteiger partial charge in [0.25, 0.3) is 0 Å². The van der Waals surface area contributed by atoms with Crippen LogP contribution in [0.5, 0.6) is 5.75 Å². The summed E-state index contributed by atoms with van der Waals surface area (Å²) in [6, 6.07) is 12.8. The molecule has 2 aromatic carbocycles. The molecule has 1 spiro atoms. The summed E-state index contributed by atoms with van der Waals surface area (Å²) in [6.07, 6.45) is 2.65. The first-order chi connectivity index (χ1) is 16.9. The maximum absolute atomic E-state index is 13.2. The lowest BCUT2D eigenvalue weighted by Gasteiger charge is -2.64. The van der Waals surface area contributed by atoms with E-state index >= 15 is 0 Å². The summed E-state index contributed by atoms with van der Waals surface area (Å²) in [4.78, 5) is 20.9. The third kappa shape index (κ3) is 2.57. The van der Waals surface area contributed by atoms with E-state index in [0.717, 1.165) is 53.7 Å². The molecule has 7 rings (SSSR count). The highest BCUT2D eigenvalue weighted by Gasteiger charge is 2.70. The van der Waals surface area contributed by atoms with Gasteiger partial charge >= 0.3 is 5.97 Å². The summed E-state index contributed by atoms with van der Waals surface area (Å²) in [5.41, 5.74) is 7.25. The third-order valence-electron chi connectivity index (χ3n) is 9.34. The predicted octanol–water partition coefficient (Wildman–Crippen LogP) is 5.55. The number of aromatic nitrogens is 1. The van der Waals surface area contributed by atoms with Crippen LogP contribution in [0.4, 0.5) is 0 Å². The molecule has 1 aromatic heterocycles. The van der Waals surface area contributed by atoms with Crippen molar-refractivity contribution in [2.75, 3.05) is 20.7 Å². The zero-order valence-electron chi connectivity index (χ0n) is 21.6. The molecule has 0 amide bonds. The first-order valence-electron chi connectivity index (χ1n) is 12.9. The number of likely N-dealkylation sites (tertiary alicyclic amines) is 1. The molecular formula is C30H34N2O3. The number of benzene rings is 2. The number of methoxy groups -OCH3 is 1. The fourth-order valence-electron chi connectivity index (χ4n) is 7.83. The molecule has 0 radical (unpaired) electrons. The molecule has 1 fully saturated rings. The molecule has 2 aliphatic heterocycles. The van der Waals surface area contributed by atoms with Gasteiger partial charge in [-0.25, -0.2) is 9.78 Å². The lowest BCUT2D eigenvalue weighted by molar-refractivity contribution is -0.0910. The first kappa shape index (κ1) is 22.5. The van der Waals surface area contributed by atoms with Crippen LogP contribution in [0.3, 0.4) is 0 Å². The van der Waals surface area contributed by atoms with Gasteiger partial charge in [-0.2, -0.15) is 0 Å². The number of pyridine rings is 1. The molecule has 3 aromatic rings. The summed E-state index contributed by atoms with van der Waals surface area (Å²) >= 11 is 0. The number of ether oxygens (including phenoxy) is 2. The van der Waals surface area contributed by atoms with Crippen molar-refractivity contribution in [3.8, 4) is 5.75 Å². The maximum Gasteiger partial charge on any atom is 0.338 e. The number of fused-ring (bicyclic) bond motifs is 3. The Balaban J connectivity index is 0.00000112. The van der Waals surface area contributed by atoms with Gasteiger partial charge in [-0.05, 0) is 62.5 Å². The summed E-state index contributed by atoms with van der Waals surface area (Å²) in [7, 11) is 3.72. The molecular weight excluding hydrogens is 436 g/mol. The monoisotopic (exact) mass is 470 g/mol. The van der Waals surface area contributed by atoms with Crippen molar-refractivity contribution in [2.45, 2.75) is 64.5 Å².